The predicted octanol–water partition coefficient (Wildman–Crippen LogP) is 5.52. The molecule has 3 aromatic carbocycles. The highest BCUT2D eigenvalue weighted by molar-refractivity contribution is 6.11. The number of fused-ring (bicyclic) bond motifs is 2. The van der Waals surface area contributed by atoms with Crippen LogP contribution in [0, 0.1) is 0 Å². The van der Waals surface area contributed by atoms with Crippen molar-refractivity contribution in [2.24, 2.45) is 4.99 Å². The number of nitrogens with one attached hydrogen (secondary N) is 1. The maximum Gasteiger partial charge on any atom is 0.0808 e. The molecule has 2 nitrogen and oxygen atoms in total. The van der Waals surface area contributed by atoms with Crippen LogP contribution in [0.25, 0.3) is 22.0 Å². The lowest BCUT2D eigenvalue weighted by molar-refractivity contribution is 1.35. The minimum atomic E-state index is 1.02. The fourth-order valence-corrected chi connectivity index (χ4v) is 3.52. The molecule has 5 rings (SSSR count). The van der Waals surface area contributed by atoms with Crippen molar-refractivity contribution in [3.05, 3.63) is 107 Å². The fourth-order valence-electron chi connectivity index (χ4n) is 3.52. The van der Waals surface area contributed by atoms with Crippen molar-refractivity contribution in [2.75, 3.05) is 0 Å². The standard InChI is InChI=1S/C23H16N2/c1-2-8-16(9-3-1)21(22-19-12-6-4-10-17(19)14-24-22)23-20-13-7-5-11-18(20)15-25-23/h1-15,24H/b23-21-. The Hall–Kier alpha value is -3.39. The highest BCUT2D eigenvalue weighted by atomic mass is 14.8. The number of benzene rings is 3. The Kier molecular flexibility index (Phi) is 3.14. The highest BCUT2D eigenvalue weighted by Crippen LogP contribution is 2.38. The Morgan fingerprint density at radius 2 is 1.52 bits per heavy atom. The molecule has 2 heterocycles. The quantitative estimate of drug-likeness (QED) is 0.504. The van der Waals surface area contributed by atoms with Crippen LogP contribution in [0.3, 0.4) is 0 Å². The van der Waals surface area contributed by atoms with Gasteiger partial charge >= 0.3 is 0 Å². The molecule has 1 N–H and O–H groups in total. The van der Waals surface area contributed by atoms with E-state index >= 15 is 0 Å². The SMILES string of the molecule is C1=N/C(=C(/c2ccccc2)c2[nH]cc3ccccc23)c2ccccc21. The molecule has 1 aliphatic rings. The first-order valence-electron chi connectivity index (χ1n) is 8.41. The Labute approximate surface area is 146 Å². The molecule has 0 amide bonds. The molecule has 25 heavy (non-hydrogen) atoms. The number of hydrogen-bond donors (Lipinski definition) is 1. The van der Waals surface area contributed by atoms with Crippen molar-refractivity contribution in [3.63, 3.8) is 0 Å². The third-order valence-corrected chi connectivity index (χ3v) is 4.70. The molecule has 1 aliphatic heterocycles. The van der Waals surface area contributed by atoms with Crippen LogP contribution < -0.4 is 0 Å². The molecular formula is C23H16N2. The third-order valence-electron chi connectivity index (χ3n) is 4.70. The van der Waals surface area contributed by atoms with Gasteiger partial charge in [0.05, 0.1) is 11.4 Å². The van der Waals surface area contributed by atoms with Crippen LogP contribution in [0.1, 0.15) is 22.4 Å². The molecule has 0 spiro atoms. The second kappa shape index (κ2) is 5.60. The van der Waals surface area contributed by atoms with Crippen molar-refractivity contribution in [1.29, 1.82) is 0 Å². The van der Waals surface area contributed by atoms with Crippen molar-refractivity contribution >= 4 is 28.3 Å². The lowest BCUT2D eigenvalue weighted by Crippen LogP contribution is -1.93. The zero-order chi connectivity index (χ0) is 16.6. The molecule has 0 atom stereocenters. The lowest BCUT2D eigenvalue weighted by Gasteiger charge is -2.11. The van der Waals surface area contributed by atoms with Crippen molar-refractivity contribution in [3.8, 4) is 0 Å². The molecule has 0 fully saturated rings. The Morgan fingerprint density at radius 3 is 2.44 bits per heavy atom. The van der Waals surface area contributed by atoms with E-state index in [1.165, 1.54) is 27.5 Å². The first-order chi connectivity index (χ1) is 12.4. The topological polar surface area (TPSA) is 28.1 Å². The van der Waals surface area contributed by atoms with Crippen molar-refractivity contribution in [2.45, 2.75) is 0 Å². The monoisotopic (exact) mass is 320 g/mol. The van der Waals surface area contributed by atoms with Gasteiger partial charge < -0.3 is 4.98 Å². The smallest absolute Gasteiger partial charge is 0.0808 e. The first-order valence-corrected chi connectivity index (χ1v) is 8.41. The summed E-state index contributed by atoms with van der Waals surface area (Å²) in [5.41, 5.74) is 6.80. The summed E-state index contributed by atoms with van der Waals surface area (Å²) in [6.07, 6.45) is 4.03. The minimum absolute atomic E-state index is 1.02. The molecule has 4 aromatic rings. The zero-order valence-electron chi connectivity index (χ0n) is 13.6. The molecule has 118 valence electrons. The average molecular weight is 320 g/mol. The van der Waals surface area contributed by atoms with Crippen LogP contribution in [-0.4, -0.2) is 11.2 Å². The van der Waals surface area contributed by atoms with Crippen LogP contribution in [0.4, 0.5) is 0 Å². The zero-order valence-corrected chi connectivity index (χ0v) is 13.6. The minimum Gasteiger partial charge on any atom is -0.360 e. The summed E-state index contributed by atoms with van der Waals surface area (Å²) < 4.78 is 0. The van der Waals surface area contributed by atoms with Gasteiger partial charge in [-0.2, -0.15) is 0 Å². The van der Waals surface area contributed by atoms with E-state index in [0.29, 0.717) is 0 Å². The van der Waals surface area contributed by atoms with E-state index in [4.69, 9.17) is 4.99 Å². The molecule has 0 radical (unpaired) electrons. The molecule has 0 bridgehead atoms. The van der Waals surface area contributed by atoms with Crippen molar-refractivity contribution < 1.29 is 0 Å². The number of aliphatic imine (C=N–C) groups is 1. The van der Waals surface area contributed by atoms with Gasteiger partial charge in [-0.25, -0.2) is 0 Å². The molecule has 0 saturated carbocycles. The van der Waals surface area contributed by atoms with Gasteiger partial charge in [0, 0.05) is 34.5 Å². The third kappa shape index (κ3) is 2.23. The summed E-state index contributed by atoms with van der Waals surface area (Å²) >= 11 is 0. The van der Waals surface area contributed by atoms with E-state index in [1.54, 1.807) is 0 Å². The predicted molar refractivity (Wildman–Crippen MR) is 105 cm³/mol. The van der Waals surface area contributed by atoms with Gasteiger partial charge in [0.1, 0.15) is 0 Å². The number of H-pyrrole nitrogens is 1. The molecular weight excluding hydrogens is 304 g/mol. The maximum absolute atomic E-state index is 4.78. The number of aromatic nitrogens is 1. The van der Waals surface area contributed by atoms with Gasteiger partial charge in [-0.05, 0) is 10.9 Å². The van der Waals surface area contributed by atoms with E-state index in [9.17, 15) is 0 Å². The largest absolute Gasteiger partial charge is 0.360 e. The Balaban J connectivity index is 1.86. The lowest BCUT2D eigenvalue weighted by atomic mass is 9.94. The second-order valence-corrected chi connectivity index (χ2v) is 6.19. The molecule has 2 heteroatoms. The van der Waals surface area contributed by atoms with Gasteiger partial charge in [0.15, 0.2) is 0 Å². The number of rotatable bonds is 2. The summed E-state index contributed by atoms with van der Waals surface area (Å²) in [4.78, 5) is 8.27. The summed E-state index contributed by atoms with van der Waals surface area (Å²) in [5.74, 6) is 0. The fraction of sp³-hybridized carbons (Fsp3) is 0. The molecule has 0 aliphatic carbocycles. The second-order valence-electron chi connectivity index (χ2n) is 6.19. The van der Waals surface area contributed by atoms with Crippen LogP contribution in [0.15, 0.2) is 90.1 Å². The van der Waals surface area contributed by atoms with Gasteiger partial charge in [-0.1, -0.05) is 78.9 Å². The van der Waals surface area contributed by atoms with Crippen molar-refractivity contribution in [1.82, 2.24) is 4.98 Å². The summed E-state index contributed by atoms with van der Waals surface area (Å²) in [7, 11) is 0. The summed E-state index contributed by atoms with van der Waals surface area (Å²) in [6, 6.07) is 27.3. The highest BCUT2D eigenvalue weighted by Gasteiger charge is 2.21. The normalized spacial score (nSPS) is 14.7. The van der Waals surface area contributed by atoms with E-state index in [2.05, 4.69) is 84.0 Å². The van der Waals surface area contributed by atoms with E-state index in [0.717, 1.165) is 17.0 Å². The van der Waals surface area contributed by atoms with E-state index in [-0.39, 0.29) is 0 Å². The summed E-state index contributed by atoms with van der Waals surface area (Å²) in [5, 5.41) is 2.43. The Bertz CT molecular complexity index is 1130. The number of hydrogen-bond acceptors (Lipinski definition) is 1. The van der Waals surface area contributed by atoms with Gasteiger partial charge in [0.2, 0.25) is 0 Å². The van der Waals surface area contributed by atoms with Crippen LogP contribution in [0.5, 0.6) is 0 Å². The maximum atomic E-state index is 4.78. The number of aromatic amines is 1. The summed E-state index contributed by atoms with van der Waals surface area (Å²) in [6.45, 7) is 0. The van der Waals surface area contributed by atoms with Crippen LogP contribution in [-0.2, 0) is 0 Å². The van der Waals surface area contributed by atoms with E-state index < -0.39 is 0 Å². The average Bonchev–Trinajstić information content (AvgIpc) is 3.29. The first kappa shape index (κ1) is 14.0. The van der Waals surface area contributed by atoms with E-state index in [1.807, 2.05) is 12.3 Å². The van der Waals surface area contributed by atoms with Gasteiger partial charge in [-0.15, -0.1) is 0 Å². The van der Waals surface area contributed by atoms with Gasteiger partial charge in [-0.3, -0.25) is 4.99 Å². The number of nitrogens with zero attached hydrogens (tertiary/aromatic N) is 1. The van der Waals surface area contributed by atoms with Crippen LogP contribution in [0.2, 0.25) is 0 Å². The van der Waals surface area contributed by atoms with Crippen LogP contribution >= 0.6 is 0 Å². The molecule has 0 saturated heterocycles. The van der Waals surface area contributed by atoms with Gasteiger partial charge in [0.25, 0.3) is 0 Å². The Morgan fingerprint density at radius 1 is 0.760 bits per heavy atom. The molecule has 0 unspecified atom stereocenters. The molecule has 1 aromatic heterocycles.